The number of benzene rings is 2. The molecule has 0 bridgehead atoms. The summed E-state index contributed by atoms with van der Waals surface area (Å²) in [7, 11) is 0. The van der Waals surface area contributed by atoms with Crippen molar-refractivity contribution >= 4 is 29.6 Å². The molecule has 4 amide bonds. The van der Waals surface area contributed by atoms with Gasteiger partial charge in [0, 0.05) is 17.6 Å². The van der Waals surface area contributed by atoms with Gasteiger partial charge in [0.2, 0.25) is 0 Å². The summed E-state index contributed by atoms with van der Waals surface area (Å²) in [6, 6.07) is 16.0. The standard InChI is InChI=1S/C24H21N3O3/c1-15-10-11-19(13-17(15)3)26-12-6-8-18(26)14-20-22(28)25-24(30)27(23(20)29)21-9-5-4-7-16(21)2/h4-14H,1-3H3,(H,25,28,30)/b20-14+. The van der Waals surface area contributed by atoms with Crippen LogP contribution in [-0.4, -0.2) is 22.4 Å². The van der Waals surface area contributed by atoms with E-state index < -0.39 is 17.8 Å². The SMILES string of the molecule is Cc1ccc(-n2cccc2/C=C2\C(=O)NC(=O)N(c3ccccc3C)C2=O)cc1C. The second-order valence-electron chi connectivity index (χ2n) is 7.32. The number of carbonyl (C=O) groups is 3. The summed E-state index contributed by atoms with van der Waals surface area (Å²) >= 11 is 0. The minimum absolute atomic E-state index is 0.0957. The predicted octanol–water partition coefficient (Wildman–Crippen LogP) is 4.07. The molecule has 1 fully saturated rings. The number of para-hydroxylation sites is 1. The number of nitrogens with zero attached hydrogens (tertiary/aromatic N) is 2. The maximum Gasteiger partial charge on any atom is 0.335 e. The van der Waals surface area contributed by atoms with E-state index in [4.69, 9.17) is 0 Å². The van der Waals surface area contributed by atoms with Crippen LogP contribution in [-0.2, 0) is 9.59 Å². The van der Waals surface area contributed by atoms with Crippen LogP contribution in [0.4, 0.5) is 10.5 Å². The molecule has 0 spiro atoms. The lowest BCUT2D eigenvalue weighted by molar-refractivity contribution is -0.122. The summed E-state index contributed by atoms with van der Waals surface area (Å²) in [5.74, 6) is -1.35. The van der Waals surface area contributed by atoms with Crippen LogP contribution >= 0.6 is 0 Å². The van der Waals surface area contributed by atoms with Crippen LogP contribution < -0.4 is 10.2 Å². The number of imide groups is 2. The van der Waals surface area contributed by atoms with Crippen molar-refractivity contribution in [3.8, 4) is 5.69 Å². The van der Waals surface area contributed by atoms with E-state index in [2.05, 4.69) is 5.32 Å². The molecule has 2 aromatic carbocycles. The highest BCUT2D eigenvalue weighted by atomic mass is 16.2. The Hall–Kier alpha value is -3.93. The number of aryl methyl sites for hydroxylation is 3. The normalized spacial score (nSPS) is 15.6. The Morgan fingerprint density at radius 2 is 1.60 bits per heavy atom. The smallest absolute Gasteiger partial charge is 0.317 e. The molecule has 1 aliphatic heterocycles. The fraction of sp³-hybridized carbons (Fsp3) is 0.125. The molecule has 6 heteroatoms. The molecule has 30 heavy (non-hydrogen) atoms. The number of rotatable bonds is 3. The molecule has 3 aromatic rings. The second kappa shape index (κ2) is 7.48. The van der Waals surface area contributed by atoms with Gasteiger partial charge in [0.25, 0.3) is 11.8 Å². The Labute approximate surface area is 174 Å². The number of urea groups is 1. The van der Waals surface area contributed by atoms with E-state index in [9.17, 15) is 14.4 Å². The number of hydrogen-bond acceptors (Lipinski definition) is 3. The first kappa shape index (κ1) is 19.4. The topological polar surface area (TPSA) is 71.4 Å². The minimum Gasteiger partial charge on any atom is -0.317 e. The van der Waals surface area contributed by atoms with Gasteiger partial charge in [-0.2, -0.15) is 0 Å². The van der Waals surface area contributed by atoms with Gasteiger partial charge in [0.05, 0.1) is 5.69 Å². The molecular weight excluding hydrogens is 378 g/mol. The predicted molar refractivity (Wildman–Crippen MR) is 115 cm³/mol. The number of amides is 4. The van der Waals surface area contributed by atoms with Crippen molar-refractivity contribution in [1.29, 1.82) is 0 Å². The van der Waals surface area contributed by atoms with Crippen molar-refractivity contribution < 1.29 is 14.4 Å². The number of anilines is 1. The largest absolute Gasteiger partial charge is 0.335 e. The molecule has 0 radical (unpaired) electrons. The molecule has 0 unspecified atom stereocenters. The summed E-state index contributed by atoms with van der Waals surface area (Å²) in [5, 5.41) is 2.27. The average Bonchev–Trinajstić information content (AvgIpc) is 3.17. The van der Waals surface area contributed by atoms with Crippen molar-refractivity contribution in [2.24, 2.45) is 0 Å². The fourth-order valence-corrected chi connectivity index (χ4v) is 3.46. The van der Waals surface area contributed by atoms with Crippen LogP contribution in [0.5, 0.6) is 0 Å². The van der Waals surface area contributed by atoms with Crippen LogP contribution in [0.3, 0.4) is 0 Å². The summed E-state index contributed by atoms with van der Waals surface area (Å²) in [6.45, 7) is 5.88. The van der Waals surface area contributed by atoms with Gasteiger partial charge in [-0.15, -0.1) is 0 Å². The number of barbiturate groups is 1. The molecule has 4 rings (SSSR count). The lowest BCUT2D eigenvalue weighted by Gasteiger charge is -2.27. The maximum absolute atomic E-state index is 13.1. The van der Waals surface area contributed by atoms with Crippen LogP contribution in [0.2, 0.25) is 0 Å². The number of carbonyl (C=O) groups excluding carboxylic acids is 3. The van der Waals surface area contributed by atoms with E-state index in [-0.39, 0.29) is 5.57 Å². The van der Waals surface area contributed by atoms with Gasteiger partial charge in [0.15, 0.2) is 0 Å². The molecule has 1 aromatic heterocycles. The van der Waals surface area contributed by atoms with E-state index >= 15 is 0 Å². The van der Waals surface area contributed by atoms with Crippen LogP contribution in [0.15, 0.2) is 66.4 Å². The zero-order valence-electron chi connectivity index (χ0n) is 17.0. The van der Waals surface area contributed by atoms with E-state index in [0.717, 1.165) is 21.7 Å². The summed E-state index contributed by atoms with van der Waals surface area (Å²) in [4.78, 5) is 39.1. The monoisotopic (exact) mass is 399 g/mol. The van der Waals surface area contributed by atoms with Crippen molar-refractivity contribution in [2.45, 2.75) is 20.8 Å². The fourth-order valence-electron chi connectivity index (χ4n) is 3.46. The van der Waals surface area contributed by atoms with E-state index in [1.807, 2.05) is 61.0 Å². The van der Waals surface area contributed by atoms with Gasteiger partial charge in [-0.3, -0.25) is 14.9 Å². The third-order valence-corrected chi connectivity index (χ3v) is 5.30. The second-order valence-corrected chi connectivity index (χ2v) is 7.32. The lowest BCUT2D eigenvalue weighted by Crippen LogP contribution is -2.54. The average molecular weight is 399 g/mol. The molecule has 0 atom stereocenters. The first-order valence-corrected chi connectivity index (χ1v) is 9.59. The quantitative estimate of drug-likeness (QED) is 0.533. The summed E-state index contributed by atoms with van der Waals surface area (Å²) in [5.41, 5.74) is 5.02. The minimum atomic E-state index is -0.749. The molecular formula is C24H21N3O3. The highest BCUT2D eigenvalue weighted by Gasteiger charge is 2.37. The Morgan fingerprint density at radius 3 is 2.33 bits per heavy atom. The maximum atomic E-state index is 13.1. The van der Waals surface area contributed by atoms with Crippen molar-refractivity contribution in [3.63, 3.8) is 0 Å². The highest BCUT2D eigenvalue weighted by molar-refractivity contribution is 6.39. The Kier molecular flexibility index (Phi) is 4.83. The third-order valence-electron chi connectivity index (χ3n) is 5.30. The summed E-state index contributed by atoms with van der Waals surface area (Å²) < 4.78 is 1.90. The first-order chi connectivity index (χ1) is 14.4. The number of nitrogens with one attached hydrogen (secondary N) is 1. The Balaban J connectivity index is 1.77. The van der Waals surface area contributed by atoms with Gasteiger partial charge in [-0.25, -0.2) is 9.69 Å². The van der Waals surface area contributed by atoms with Gasteiger partial charge >= 0.3 is 6.03 Å². The highest BCUT2D eigenvalue weighted by Crippen LogP contribution is 2.25. The third kappa shape index (κ3) is 3.33. The first-order valence-electron chi connectivity index (χ1n) is 9.59. The van der Waals surface area contributed by atoms with Gasteiger partial charge in [-0.05, 0) is 73.9 Å². The van der Waals surface area contributed by atoms with Crippen molar-refractivity contribution in [2.75, 3.05) is 4.90 Å². The van der Waals surface area contributed by atoms with E-state index in [1.54, 1.807) is 25.1 Å². The van der Waals surface area contributed by atoms with Crippen LogP contribution in [0, 0.1) is 20.8 Å². The molecule has 1 N–H and O–H groups in total. The van der Waals surface area contributed by atoms with Gasteiger partial charge in [0.1, 0.15) is 5.57 Å². The van der Waals surface area contributed by atoms with E-state index in [1.165, 1.54) is 11.6 Å². The summed E-state index contributed by atoms with van der Waals surface area (Å²) in [6.07, 6.45) is 3.39. The number of hydrogen-bond donors (Lipinski definition) is 1. The van der Waals surface area contributed by atoms with Gasteiger partial charge < -0.3 is 4.57 Å². The molecule has 1 aliphatic rings. The molecule has 1 saturated heterocycles. The van der Waals surface area contributed by atoms with Gasteiger partial charge in [-0.1, -0.05) is 24.3 Å². The lowest BCUT2D eigenvalue weighted by atomic mass is 10.1. The molecule has 0 saturated carbocycles. The molecule has 2 heterocycles. The van der Waals surface area contributed by atoms with Crippen molar-refractivity contribution in [1.82, 2.24) is 9.88 Å². The van der Waals surface area contributed by atoms with Crippen LogP contribution in [0.25, 0.3) is 11.8 Å². The Bertz CT molecular complexity index is 1220. The van der Waals surface area contributed by atoms with E-state index in [0.29, 0.717) is 11.4 Å². The molecule has 150 valence electrons. The molecule has 0 aliphatic carbocycles. The van der Waals surface area contributed by atoms with Crippen molar-refractivity contribution in [3.05, 3.63) is 88.8 Å². The zero-order chi connectivity index (χ0) is 21.4. The Morgan fingerprint density at radius 1 is 0.833 bits per heavy atom. The van der Waals surface area contributed by atoms with Crippen LogP contribution in [0.1, 0.15) is 22.4 Å². The molecule has 6 nitrogen and oxygen atoms in total. The zero-order valence-corrected chi connectivity index (χ0v) is 17.0. The number of aromatic nitrogens is 1.